The maximum Gasteiger partial charge on any atom is 0.0939 e. The highest BCUT2D eigenvalue weighted by atomic mass is 16.6. The third-order valence-corrected chi connectivity index (χ3v) is 4.86. The molecule has 2 saturated heterocycles. The Labute approximate surface area is 111 Å². The SMILES string of the molecule is CCC(CC)C(NN)C1CCOC2(CCOC2)C1. The Morgan fingerprint density at radius 1 is 1.33 bits per heavy atom. The zero-order chi connectivity index (χ0) is 13.0. The van der Waals surface area contributed by atoms with Crippen LogP contribution < -0.4 is 11.3 Å². The molecule has 2 rings (SSSR count). The quantitative estimate of drug-likeness (QED) is 0.582. The molecule has 106 valence electrons. The lowest BCUT2D eigenvalue weighted by Crippen LogP contribution is -2.51. The third-order valence-electron chi connectivity index (χ3n) is 4.86. The molecule has 0 aliphatic carbocycles. The first-order chi connectivity index (χ1) is 8.74. The van der Waals surface area contributed by atoms with E-state index in [1.54, 1.807) is 0 Å². The van der Waals surface area contributed by atoms with Crippen LogP contribution in [0, 0.1) is 11.8 Å². The zero-order valence-electron chi connectivity index (χ0n) is 11.8. The van der Waals surface area contributed by atoms with Crippen LogP contribution in [-0.2, 0) is 9.47 Å². The lowest BCUT2D eigenvalue weighted by atomic mass is 9.76. The summed E-state index contributed by atoms with van der Waals surface area (Å²) in [6, 6.07) is 0.418. The van der Waals surface area contributed by atoms with E-state index in [0.717, 1.165) is 39.1 Å². The minimum absolute atomic E-state index is 0.00987. The van der Waals surface area contributed by atoms with Crippen LogP contribution in [0.5, 0.6) is 0 Å². The van der Waals surface area contributed by atoms with E-state index in [-0.39, 0.29) is 5.60 Å². The highest BCUT2D eigenvalue weighted by Crippen LogP contribution is 2.38. The third kappa shape index (κ3) is 2.87. The second-order valence-electron chi connectivity index (χ2n) is 5.86. The van der Waals surface area contributed by atoms with Gasteiger partial charge in [0.1, 0.15) is 0 Å². The van der Waals surface area contributed by atoms with Crippen molar-refractivity contribution in [3.63, 3.8) is 0 Å². The molecule has 4 heteroatoms. The molecule has 3 N–H and O–H groups in total. The van der Waals surface area contributed by atoms with Crippen LogP contribution in [0.15, 0.2) is 0 Å². The summed E-state index contributed by atoms with van der Waals surface area (Å²) < 4.78 is 11.5. The van der Waals surface area contributed by atoms with Crippen molar-refractivity contribution in [2.45, 2.75) is 57.6 Å². The summed E-state index contributed by atoms with van der Waals surface area (Å²) >= 11 is 0. The Morgan fingerprint density at radius 2 is 2.11 bits per heavy atom. The van der Waals surface area contributed by atoms with Crippen LogP contribution in [0.2, 0.25) is 0 Å². The van der Waals surface area contributed by atoms with Gasteiger partial charge in [-0.2, -0.15) is 0 Å². The summed E-state index contributed by atoms with van der Waals surface area (Å²) in [6.07, 6.45) is 5.63. The van der Waals surface area contributed by atoms with Gasteiger partial charge in [-0.05, 0) is 24.7 Å². The highest BCUT2D eigenvalue weighted by Gasteiger charge is 2.43. The van der Waals surface area contributed by atoms with Crippen molar-refractivity contribution in [1.29, 1.82) is 0 Å². The standard InChI is InChI=1S/C14H28N2O2/c1-3-11(4-2)13(16-15)12-5-7-18-14(9-12)6-8-17-10-14/h11-13,16H,3-10,15H2,1-2H3. The van der Waals surface area contributed by atoms with Gasteiger partial charge in [0, 0.05) is 25.7 Å². The predicted molar refractivity (Wildman–Crippen MR) is 72.0 cm³/mol. The molecule has 0 aromatic heterocycles. The molecule has 2 fully saturated rings. The van der Waals surface area contributed by atoms with E-state index in [1.807, 2.05) is 0 Å². The maximum absolute atomic E-state index is 6.00. The number of hydrazine groups is 1. The van der Waals surface area contributed by atoms with Gasteiger partial charge in [-0.25, -0.2) is 0 Å². The van der Waals surface area contributed by atoms with Gasteiger partial charge in [0.15, 0.2) is 0 Å². The molecule has 1 spiro atoms. The van der Waals surface area contributed by atoms with E-state index < -0.39 is 0 Å². The van der Waals surface area contributed by atoms with Crippen LogP contribution >= 0.6 is 0 Å². The number of hydrogen-bond donors (Lipinski definition) is 2. The predicted octanol–water partition coefficient (Wildman–Crippen LogP) is 1.84. The van der Waals surface area contributed by atoms with Gasteiger partial charge < -0.3 is 9.47 Å². The van der Waals surface area contributed by atoms with E-state index in [9.17, 15) is 0 Å². The summed E-state index contributed by atoms with van der Waals surface area (Å²) in [5.41, 5.74) is 3.07. The fourth-order valence-corrected chi connectivity index (χ4v) is 3.69. The Hall–Kier alpha value is -0.160. The summed E-state index contributed by atoms with van der Waals surface area (Å²) in [5, 5.41) is 0. The Bertz CT molecular complexity index is 250. The molecular weight excluding hydrogens is 228 g/mol. The molecule has 0 bridgehead atoms. The maximum atomic E-state index is 6.00. The number of hydrogen-bond acceptors (Lipinski definition) is 4. The topological polar surface area (TPSA) is 56.5 Å². The minimum atomic E-state index is -0.00987. The molecule has 3 atom stereocenters. The lowest BCUT2D eigenvalue weighted by Gasteiger charge is -2.42. The molecule has 18 heavy (non-hydrogen) atoms. The van der Waals surface area contributed by atoms with Gasteiger partial charge in [-0.15, -0.1) is 0 Å². The average molecular weight is 256 g/mol. The first-order valence-electron chi connectivity index (χ1n) is 7.42. The van der Waals surface area contributed by atoms with Crippen LogP contribution in [0.25, 0.3) is 0 Å². The Balaban J connectivity index is 2.01. The van der Waals surface area contributed by atoms with Crippen molar-refractivity contribution in [2.75, 3.05) is 19.8 Å². The van der Waals surface area contributed by atoms with Crippen LogP contribution in [0.1, 0.15) is 46.0 Å². The normalized spacial score (nSPS) is 34.3. The van der Waals surface area contributed by atoms with Crippen molar-refractivity contribution in [1.82, 2.24) is 5.43 Å². The van der Waals surface area contributed by atoms with Gasteiger partial charge in [-0.1, -0.05) is 26.7 Å². The second kappa shape index (κ2) is 6.33. The largest absolute Gasteiger partial charge is 0.378 e. The fourth-order valence-electron chi connectivity index (χ4n) is 3.69. The smallest absolute Gasteiger partial charge is 0.0939 e. The van der Waals surface area contributed by atoms with E-state index >= 15 is 0 Å². The molecule has 4 nitrogen and oxygen atoms in total. The van der Waals surface area contributed by atoms with Gasteiger partial charge in [-0.3, -0.25) is 11.3 Å². The number of nitrogens with two attached hydrogens (primary N) is 1. The van der Waals surface area contributed by atoms with E-state index in [0.29, 0.717) is 17.9 Å². The molecule has 0 amide bonds. The second-order valence-corrected chi connectivity index (χ2v) is 5.86. The fraction of sp³-hybridized carbons (Fsp3) is 1.00. The summed E-state index contributed by atoms with van der Waals surface area (Å²) in [4.78, 5) is 0. The number of rotatable bonds is 5. The highest BCUT2D eigenvalue weighted by molar-refractivity contribution is 4.94. The lowest BCUT2D eigenvalue weighted by molar-refractivity contribution is -0.106. The molecule has 0 saturated carbocycles. The van der Waals surface area contributed by atoms with Crippen molar-refractivity contribution in [2.24, 2.45) is 17.7 Å². The molecule has 0 aromatic rings. The monoisotopic (exact) mass is 256 g/mol. The molecular formula is C14H28N2O2. The Morgan fingerprint density at radius 3 is 2.67 bits per heavy atom. The summed E-state index contributed by atoms with van der Waals surface area (Å²) in [5.74, 6) is 7.11. The number of nitrogens with one attached hydrogen (secondary N) is 1. The molecule has 2 heterocycles. The minimum Gasteiger partial charge on any atom is -0.378 e. The Kier molecular flexibility index (Phi) is 5.01. The summed E-state index contributed by atoms with van der Waals surface area (Å²) in [6.45, 7) is 6.98. The first-order valence-corrected chi connectivity index (χ1v) is 7.42. The van der Waals surface area contributed by atoms with Crippen molar-refractivity contribution in [3.8, 4) is 0 Å². The van der Waals surface area contributed by atoms with Crippen molar-refractivity contribution in [3.05, 3.63) is 0 Å². The van der Waals surface area contributed by atoms with E-state index in [2.05, 4.69) is 19.3 Å². The number of ether oxygens (including phenoxy) is 2. The van der Waals surface area contributed by atoms with Gasteiger partial charge in [0.2, 0.25) is 0 Å². The van der Waals surface area contributed by atoms with Gasteiger partial charge in [0.25, 0.3) is 0 Å². The molecule has 2 aliphatic heterocycles. The molecule has 3 unspecified atom stereocenters. The first kappa shape index (κ1) is 14.3. The van der Waals surface area contributed by atoms with E-state index in [1.165, 1.54) is 12.8 Å². The zero-order valence-corrected chi connectivity index (χ0v) is 11.8. The van der Waals surface area contributed by atoms with Gasteiger partial charge >= 0.3 is 0 Å². The molecule has 2 aliphatic rings. The summed E-state index contributed by atoms with van der Waals surface area (Å²) in [7, 11) is 0. The van der Waals surface area contributed by atoms with Crippen LogP contribution in [-0.4, -0.2) is 31.5 Å². The van der Waals surface area contributed by atoms with Crippen LogP contribution in [0.4, 0.5) is 0 Å². The molecule has 0 radical (unpaired) electrons. The van der Waals surface area contributed by atoms with E-state index in [4.69, 9.17) is 15.3 Å². The molecule has 0 aromatic carbocycles. The average Bonchev–Trinajstić information content (AvgIpc) is 2.83. The van der Waals surface area contributed by atoms with Crippen molar-refractivity contribution >= 4 is 0 Å². The van der Waals surface area contributed by atoms with Crippen molar-refractivity contribution < 1.29 is 9.47 Å². The van der Waals surface area contributed by atoms with Crippen LogP contribution in [0.3, 0.4) is 0 Å². The van der Waals surface area contributed by atoms with Gasteiger partial charge in [0.05, 0.1) is 12.2 Å².